The number of sulfonamides is 1. The number of fused-ring (bicyclic) bond motifs is 1. The Morgan fingerprint density at radius 3 is 2.42 bits per heavy atom. The molecule has 3 aromatic rings. The largest absolute Gasteiger partial charge is 0.322 e. The van der Waals surface area contributed by atoms with Crippen LogP contribution in [0.3, 0.4) is 0 Å². The van der Waals surface area contributed by atoms with Crippen LogP contribution < -0.4 is 10.2 Å². The first-order valence-electron chi connectivity index (χ1n) is 10.9. The van der Waals surface area contributed by atoms with Crippen LogP contribution in [0.1, 0.15) is 55.9 Å². The molecule has 4 rings (SSSR count). The van der Waals surface area contributed by atoms with Gasteiger partial charge in [0.05, 0.1) is 15.2 Å². The van der Waals surface area contributed by atoms with E-state index in [0.29, 0.717) is 18.8 Å². The molecule has 0 bridgehead atoms. The topological polar surface area (TPSA) is 88.5 Å². The lowest BCUT2D eigenvalue weighted by Gasteiger charge is -2.21. The van der Waals surface area contributed by atoms with Crippen LogP contribution in [0.5, 0.6) is 0 Å². The fourth-order valence-corrected chi connectivity index (χ4v) is 7.14. The van der Waals surface area contributed by atoms with E-state index in [-0.39, 0.29) is 26.4 Å². The fourth-order valence-electron chi connectivity index (χ4n) is 4.07. The molecule has 33 heavy (non-hydrogen) atoms. The standard InChI is InChI=1S/C23H26ClN3O4S2/c1-15(2)27-19-10-8-17(14-20(19)32-23(27)29)25-22(28)16-7-9-18(24)21(13-16)33(30,31)26-11-5-3-4-6-12-26/h7-10,13-15H,3-6,11-12H2,1-2H3,(H,25,28). The molecule has 0 unspecified atom stereocenters. The van der Waals surface area contributed by atoms with Gasteiger partial charge in [-0.1, -0.05) is 35.8 Å². The van der Waals surface area contributed by atoms with E-state index in [1.807, 2.05) is 13.8 Å². The lowest BCUT2D eigenvalue weighted by atomic mass is 10.2. The van der Waals surface area contributed by atoms with Gasteiger partial charge in [-0.25, -0.2) is 8.42 Å². The van der Waals surface area contributed by atoms with Crippen molar-refractivity contribution in [3.05, 3.63) is 56.7 Å². The summed E-state index contributed by atoms with van der Waals surface area (Å²) >= 11 is 7.37. The highest BCUT2D eigenvalue weighted by molar-refractivity contribution is 7.89. The van der Waals surface area contributed by atoms with Gasteiger partial charge in [0.2, 0.25) is 10.0 Å². The second-order valence-corrected chi connectivity index (χ2v) is 11.7. The van der Waals surface area contributed by atoms with Crippen molar-refractivity contribution in [2.75, 3.05) is 18.4 Å². The summed E-state index contributed by atoms with van der Waals surface area (Å²) < 4.78 is 30.4. The van der Waals surface area contributed by atoms with Crippen molar-refractivity contribution in [3.8, 4) is 0 Å². The molecule has 2 aromatic carbocycles. The summed E-state index contributed by atoms with van der Waals surface area (Å²) in [5.41, 5.74) is 1.53. The van der Waals surface area contributed by atoms with E-state index >= 15 is 0 Å². The molecule has 0 radical (unpaired) electrons. The molecule has 1 aliphatic heterocycles. The van der Waals surface area contributed by atoms with Gasteiger partial charge in [-0.05, 0) is 63.1 Å². The third kappa shape index (κ3) is 4.87. The van der Waals surface area contributed by atoms with Crippen molar-refractivity contribution >= 4 is 54.8 Å². The molecule has 1 amide bonds. The van der Waals surface area contributed by atoms with Crippen LogP contribution in [0.2, 0.25) is 5.02 Å². The summed E-state index contributed by atoms with van der Waals surface area (Å²) in [5, 5.41) is 2.90. The number of hydrogen-bond donors (Lipinski definition) is 1. The maximum absolute atomic E-state index is 13.2. The zero-order chi connectivity index (χ0) is 23.8. The molecule has 0 atom stereocenters. The van der Waals surface area contributed by atoms with Gasteiger partial charge < -0.3 is 5.32 Å². The summed E-state index contributed by atoms with van der Waals surface area (Å²) in [4.78, 5) is 25.1. The Morgan fingerprint density at radius 2 is 1.76 bits per heavy atom. The lowest BCUT2D eigenvalue weighted by Crippen LogP contribution is -2.32. The van der Waals surface area contributed by atoms with Crippen LogP contribution in [-0.4, -0.2) is 36.3 Å². The van der Waals surface area contributed by atoms with Gasteiger partial charge >= 0.3 is 4.87 Å². The number of rotatable bonds is 5. The van der Waals surface area contributed by atoms with Crippen LogP contribution >= 0.6 is 22.9 Å². The van der Waals surface area contributed by atoms with Gasteiger partial charge in [0.1, 0.15) is 4.90 Å². The molecule has 1 saturated heterocycles. The van der Waals surface area contributed by atoms with Crippen molar-refractivity contribution in [3.63, 3.8) is 0 Å². The SMILES string of the molecule is CC(C)n1c(=O)sc2cc(NC(=O)c3ccc(Cl)c(S(=O)(=O)N4CCCCCC4)c3)ccc21. The molecule has 1 N–H and O–H groups in total. The van der Waals surface area contributed by atoms with Gasteiger partial charge in [0.15, 0.2) is 0 Å². The molecular formula is C23H26ClN3O4S2. The molecule has 1 aliphatic rings. The van der Waals surface area contributed by atoms with E-state index in [1.54, 1.807) is 22.8 Å². The zero-order valence-electron chi connectivity index (χ0n) is 18.5. The minimum absolute atomic E-state index is 0.0327. The van der Waals surface area contributed by atoms with E-state index in [1.165, 1.54) is 22.5 Å². The Labute approximate surface area is 202 Å². The normalized spacial score (nSPS) is 15.6. The Balaban J connectivity index is 1.61. The van der Waals surface area contributed by atoms with E-state index in [0.717, 1.165) is 47.2 Å². The second kappa shape index (κ2) is 9.58. The summed E-state index contributed by atoms with van der Waals surface area (Å²) in [6.07, 6.45) is 3.62. The maximum atomic E-state index is 13.2. The fraction of sp³-hybridized carbons (Fsp3) is 0.391. The summed E-state index contributed by atoms with van der Waals surface area (Å²) in [5.74, 6) is -0.450. The quantitative estimate of drug-likeness (QED) is 0.519. The molecule has 7 nitrogen and oxygen atoms in total. The Morgan fingerprint density at radius 1 is 1.06 bits per heavy atom. The first-order chi connectivity index (χ1) is 15.7. The van der Waals surface area contributed by atoms with Crippen LogP contribution in [0, 0.1) is 0 Å². The van der Waals surface area contributed by atoms with Gasteiger partial charge in [-0.3, -0.25) is 14.2 Å². The van der Waals surface area contributed by atoms with Crippen LogP contribution in [0.25, 0.3) is 10.2 Å². The number of nitrogens with zero attached hydrogens (tertiary/aromatic N) is 2. The van der Waals surface area contributed by atoms with Gasteiger partial charge in [-0.15, -0.1) is 0 Å². The van der Waals surface area contributed by atoms with Crippen LogP contribution in [0.15, 0.2) is 46.1 Å². The number of aromatic nitrogens is 1. The average molecular weight is 508 g/mol. The number of halogens is 1. The van der Waals surface area contributed by atoms with E-state index < -0.39 is 15.9 Å². The molecule has 0 spiro atoms. The highest BCUT2D eigenvalue weighted by Gasteiger charge is 2.28. The van der Waals surface area contributed by atoms with Crippen LogP contribution in [-0.2, 0) is 10.0 Å². The van der Waals surface area contributed by atoms with E-state index in [4.69, 9.17) is 11.6 Å². The number of carbonyl (C=O) groups excluding carboxylic acids is 1. The number of anilines is 1. The molecular weight excluding hydrogens is 482 g/mol. The first kappa shape index (κ1) is 23.9. The van der Waals surface area contributed by atoms with Crippen LogP contribution in [0.4, 0.5) is 5.69 Å². The molecule has 0 saturated carbocycles. The van der Waals surface area contributed by atoms with Crippen molar-refractivity contribution < 1.29 is 13.2 Å². The first-order valence-corrected chi connectivity index (χ1v) is 13.6. The van der Waals surface area contributed by atoms with E-state index in [9.17, 15) is 18.0 Å². The summed E-state index contributed by atoms with van der Waals surface area (Å²) in [6.45, 7) is 4.80. The van der Waals surface area contributed by atoms with Gasteiger partial charge in [0.25, 0.3) is 5.91 Å². The molecule has 2 heterocycles. The zero-order valence-corrected chi connectivity index (χ0v) is 20.9. The number of amides is 1. The molecule has 10 heteroatoms. The third-order valence-corrected chi connectivity index (χ3v) is 9.06. The molecule has 0 aliphatic carbocycles. The van der Waals surface area contributed by atoms with E-state index in [2.05, 4.69) is 5.32 Å². The van der Waals surface area contributed by atoms with Crippen molar-refractivity contribution in [2.24, 2.45) is 0 Å². The summed E-state index contributed by atoms with van der Waals surface area (Å²) in [7, 11) is -3.80. The summed E-state index contributed by atoms with van der Waals surface area (Å²) in [6, 6.07) is 9.61. The second-order valence-electron chi connectivity index (χ2n) is 8.43. The number of benzene rings is 2. The minimum atomic E-state index is -3.80. The smallest absolute Gasteiger partial charge is 0.308 e. The average Bonchev–Trinajstić information content (AvgIpc) is 2.92. The molecule has 1 fully saturated rings. The predicted octanol–water partition coefficient (Wildman–Crippen LogP) is 5.11. The number of nitrogens with one attached hydrogen (secondary N) is 1. The van der Waals surface area contributed by atoms with Gasteiger partial charge in [-0.2, -0.15) is 4.31 Å². The van der Waals surface area contributed by atoms with Crippen molar-refractivity contribution in [1.29, 1.82) is 0 Å². The highest BCUT2D eigenvalue weighted by atomic mass is 35.5. The molecule has 176 valence electrons. The highest BCUT2D eigenvalue weighted by Crippen LogP contribution is 2.29. The number of carbonyl (C=O) groups is 1. The van der Waals surface area contributed by atoms with Crippen molar-refractivity contribution in [2.45, 2.75) is 50.5 Å². The minimum Gasteiger partial charge on any atom is -0.322 e. The maximum Gasteiger partial charge on any atom is 0.308 e. The number of thiazole rings is 1. The van der Waals surface area contributed by atoms with Crippen molar-refractivity contribution in [1.82, 2.24) is 8.87 Å². The van der Waals surface area contributed by atoms with Gasteiger partial charge in [0, 0.05) is 30.4 Å². The third-order valence-electron chi connectivity index (χ3n) is 5.76. The monoisotopic (exact) mass is 507 g/mol. The Kier molecular flexibility index (Phi) is 6.95. The predicted molar refractivity (Wildman–Crippen MR) is 133 cm³/mol. The Bertz CT molecular complexity index is 1350. The lowest BCUT2D eigenvalue weighted by molar-refractivity contribution is 0.102. The Hall–Kier alpha value is -2.20. The number of hydrogen-bond acceptors (Lipinski definition) is 5. The molecule has 1 aromatic heterocycles.